The number of benzene rings is 2. The Bertz CT molecular complexity index is 847. The largest absolute Gasteiger partial charge is 0.493 e. The van der Waals surface area contributed by atoms with Crippen LogP contribution < -0.4 is 20.9 Å². The highest BCUT2D eigenvalue weighted by Gasteiger charge is 2.07. The van der Waals surface area contributed by atoms with E-state index in [1.807, 2.05) is 54.6 Å². The number of nitrogens with two attached hydrogens (primary N) is 1. The number of aromatic nitrogens is 1. The quantitative estimate of drug-likeness (QED) is 0.638. The van der Waals surface area contributed by atoms with Gasteiger partial charge in [0.25, 0.3) is 0 Å². The molecule has 7 heteroatoms. The normalized spacial score (nSPS) is 10.3. The summed E-state index contributed by atoms with van der Waals surface area (Å²) in [6, 6.07) is 16.5. The first kappa shape index (κ1) is 17.3. The molecular formula is C19H20N4O3. The Hall–Kier alpha value is -3.48. The lowest BCUT2D eigenvalue weighted by Gasteiger charge is -2.19. The maximum Gasteiger partial charge on any atom is 0.330 e. The number of urea groups is 1. The van der Waals surface area contributed by atoms with Crippen LogP contribution in [0.5, 0.6) is 5.75 Å². The molecule has 7 nitrogen and oxygen atoms in total. The van der Waals surface area contributed by atoms with Gasteiger partial charge in [-0.15, -0.1) is 0 Å². The van der Waals surface area contributed by atoms with E-state index in [-0.39, 0.29) is 0 Å². The van der Waals surface area contributed by atoms with Crippen LogP contribution in [0, 0.1) is 0 Å². The predicted octanol–water partition coefficient (Wildman–Crippen LogP) is 2.98. The van der Waals surface area contributed by atoms with Crippen LogP contribution >= 0.6 is 0 Å². The van der Waals surface area contributed by atoms with Crippen LogP contribution in [-0.4, -0.2) is 24.7 Å². The summed E-state index contributed by atoms with van der Waals surface area (Å²) in [4.78, 5) is 15.3. The molecular weight excluding hydrogens is 332 g/mol. The van der Waals surface area contributed by atoms with Crippen molar-refractivity contribution in [2.45, 2.75) is 6.42 Å². The third-order valence-corrected chi connectivity index (χ3v) is 3.70. The molecule has 1 aromatic heterocycles. The Balaban J connectivity index is 1.51. The van der Waals surface area contributed by atoms with Crippen LogP contribution in [0.4, 0.5) is 10.5 Å². The number of ether oxygens (including phenoxy) is 1. The fourth-order valence-corrected chi connectivity index (χ4v) is 2.40. The number of hydrogen-bond donors (Lipinski definition) is 2. The monoisotopic (exact) mass is 352 g/mol. The van der Waals surface area contributed by atoms with Gasteiger partial charge in [0.1, 0.15) is 12.0 Å². The molecule has 3 N–H and O–H groups in total. The molecule has 0 atom stereocenters. The smallest absolute Gasteiger partial charge is 0.330 e. The zero-order valence-electron chi connectivity index (χ0n) is 14.4. The van der Waals surface area contributed by atoms with Gasteiger partial charge in [-0.2, -0.15) is 0 Å². The molecule has 134 valence electrons. The number of nitrogens with one attached hydrogen (secondary N) is 1. The minimum absolute atomic E-state index is 0.482. The average molecular weight is 352 g/mol. The summed E-state index contributed by atoms with van der Waals surface area (Å²) in [5.74, 6) is 1.34. The molecule has 0 saturated carbocycles. The van der Waals surface area contributed by atoms with Crippen LogP contribution in [0.25, 0.3) is 11.5 Å². The van der Waals surface area contributed by atoms with Gasteiger partial charge in [0.2, 0.25) is 5.89 Å². The lowest BCUT2D eigenvalue weighted by Crippen LogP contribution is -2.42. The van der Waals surface area contributed by atoms with Crippen molar-refractivity contribution in [3.63, 3.8) is 0 Å². The van der Waals surface area contributed by atoms with E-state index >= 15 is 0 Å². The number of oxazole rings is 1. The number of anilines is 1. The molecule has 0 bridgehead atoms. The molecule has 0 unspecified atom stereocenters. The van der Waals surface area contributed by atoms with E-state index < -0.39 is 6.03 Å². The molecule has 0 saturated heterocycles. The van der Waals surface area contributed by atoms with Gasteiger partial charge < -0.3 is 14.9 Å². The lowest BCUT2D eigenvalue weighted by molar-refractivity contribution is 0.248. The lowest BCUT2D eigenvalue weighted by atomic mass is 10.2. The van der Waals surface area contributed by atoms with Gasteiger partial charge in [-0.05, 0) is 36.4 Å². The molecule has 2 aromatic carbocycles. The van der Waals surface area contributed by atoms with Gasteiger partial charge >= 0.3 is 6.03 Å². The van der Waals surface area contributed by atoms with Gasteiger partial charge in [0, 0.05) is 19.0 Å². The summed E-state index contributed by atoms with van der Waals surface area (Å²) in [6.45, 7) is 0.482. The number of hydrogen-bond acceptors (Lipinski definition) is 5. The highest BCUT2D eigenvalue weighted by atomic mass is 16.5. The Morgan fingerprint density at radius 2 is 1.92 bits per heavy atom. The molecule has 1 heterocycles. The minimum atomic E-state index is -0.615. The van der Waals surface area contributed by atoms with Crippen molar-refractivity contribution < 1.29 is 13.9 Å². The Labute approximate surface area is 151 Å². The van der Waals surface area contributed by atoms with Gasteiger partial charge in [-0.1, -0.05) is 18.2 Å². The van der Waals surface area contributed by atoms with E-state index in [4.69, 9.17) is 14.9 Å². The second-order valence-electron chi connectivity index (χ2n) is 5.64. The summed E-state index contributed by atoms with van der Waals surface area (Å²) >= 11 is 0. The summed E-state index contributed by atoms with van der Waals surface area (Å²) in [7, 11) is 1.70. The minimum Gasteiger partial charge on any atom is -0.493 e. The van der Waals surface area contributed by atoms with E-state index in [9.17, 15) is 4.79 Å². The zero-order chi connectivity index (χ0) is 18.4. The number of rotatable bonds is 7. The van der Waals surface area contributed by atoms with E-state index in [1.165, 1.54) is 5.01 Å². The Morgan fingerprint density at radius 3 is 2.62 bits per heavy atom. The third kappa shape index (κ3) is 4.54. The third-order valence-electron chi connectivity index (χ3n) is 3.70. The van der Waals surface area contributed by atoms with Crippen LogP contribution in [0.1, 0.15) is 5.69 Å². The van der Waals surface area contributed by atoms with Crippen molar-refractivity contribution in [2.75, 3.05) is 18.7 Å². The van der Waals surface area contributed by atoms with Gasteiger partial charge in [-0.25, -0.2) is 15.2 Å². The molecule has 3 aromatic rings. The SMILES string of the molecule is CN(NC(N)=O)c1ccc(OCCc2coc(-c3ccccc3)n2)cc1. The first-order valence-electron chi connectivity index (χ1n) is 8.14. The second kappa shape index (κ2) is 8.06. The molecule has 3 rings (SSSR count). The first-order chi connectivity index (χ1) is 12.6. The van der Waals surface area contributed by atoms with Crippen molar-refractivity contribution in [2.24, 2.45) is 5.73 Å². The van der Waals surface area contributed by atoms with E-state index in [0.717, 1.165) is 22.7 Å². The molecule has 2 amide bonds. The van der Waals surface area contributed by atoms with Crippen LogP contribution in [0.15, 0.2) is 65.3 Å². The molecule has 0 spiro atoms. The average Bonchev–Trinajstić information content (AvgIpc) is 3.11. The highest BCUT2D eigenvalue weighted by molar-refractivity contribution is 5.73. The maximum absolute atomic E-state index is 10.8. The summed E-state index contributed by atoms with van der Waals surface area (Å²) in [6.07, 6.45) is 2.29. The van der Waals surface area contributed by atoms with Crippen LogP contribution in [0.3, 0.4) is 0 Å². The standard InChI is InChI=1S/C19H20N4O3/c1-23(22-19(20)24)16-7-9-17(10-8-16)25-12-11-15-13-26-18(21-15)14-5-3-2-4-6-14/h2-10,13H,11-12H2,1H3,(H3,20,22,24). The number of carbonyl (C=O) groups excluding carboxylic acids is 1. The summed E-state index contributed by atoms with van der Waals surface area (Å²) < 4.78 is 11.2. The van der Waals surface area contributed by atoms with Gasteiger partial charge in [0.05, 0.1) is 18.0 Å². The topological polar surface area (TPSA) is 93.6 Å². The number of primary amides is 1. The maximum atomic E-state index is 10.8. The molecule has 26 heavy (non-hydrogen) atoms. The fraction of sp³-hybridized carbons (Fsp3) is 0.158. The summed E-state index contributed by atoms with van der Waals surface area (Å²) in [5.41, 5.74) is 10.1. The van der Waals surface area contributed by atoms with Crippen molar-refractivity contribution in [1.82, 2.24) is 10.4 Å². The number of amides is 2. The van der Waals surface area contributed by atoms with Crippen LogP contribution in [-0.2, 0) is 6.42 Å². The van der Waals surface area contributed by atoms with E-state index in [1.54, 1.807) is 13.3 Å². The van der Waals surface area contributed by atoms with Crippen molar-refractivity contribution >= 4 is 11.7 Å². The Kier molecular flexibility index (Phi) is 5.38. The molecule has 0 aliphatic heterocycles. The molecule has 0 aliphatic rings. The molecule has 0 fully saturated rings. The fourth-order valence-electron chi connectivity index (χ4n) is 2.40. The summed E-state index contributed by atoms with van der Waals surface area (Å²) in [5, 5.41) is 1.53. The zero-order valence-corrected chi connectivity index (χ0v) is 14.4. The van der Waals surface area contributed by atoms with Crippen LogP contribution in [0.2, 0.25) is 0 Å². The first-order valence-corrected chi connectivity index (χ1v) is 8.14. The van der Waals surface area contributed by atoms with Gasteiger partial charge in [0.15, 0.2) is 0 Å². The predicted molar refractivity (Wildman–Crippen MR) is 98.7 cm³/mol. The van der Waals surface area contributed by atoms with Crippen molar-refractivity contribution in [3.8, 4) is 17.2 Å². The number of carbonyl (C=O) groups is 1. The highest BCUT2D eigenvalue weighted by Crippen LogP contribution is 2.19. The molecule has 0 aliphatic carbocycles. The van der Waals surface area contributed by atoms with E-state index in [0.29, 0.717) is 18.9 Å². The Morgan fingerprint density at radius 1 is 1.19 bits per heavy atom. The number of hydrazine groups is 1. The molecule has 0 radical (unpaired) electrons. The van der Waals surface area contributed by atoms with E-state index in [2.05, 4.69) is 10.4 Å². The van der Waals surface area contributed by atoms with Gasteiger partial charge in [-0.3, -0.25) is 5.01 Å². The van der Waals surface area contributed by atoms with Crippen molar-refractivity contribution in [3.05, 3.63) is 66.6 Å². The number of nitrogens with zero attached hydrogens (tertiary/aromatic N) is 2. The van der Waals surface area contributed by atoms with Crippen molar-refractivity contribution in [1.29, 1.82) is 0 Å². The second-order valence-corrected chi connectivity index (χ2v) is 5.64.